The lowest BCUT2D eigenvalue weighted by molar-refractivity contribution is -0.117. The maximum Gasteiger partial charge on any atom is 0.246 e. The van der Waals surface area contributed by atoms with E-state index >= 15 is 0 Å². The maximum atomic E-state index is 12.3. The van der Waals surface area contributed by atoms with Gasteiger partial charge in [0.05, 0.1) is 4.90 Å². The molecule has 0 unspecified atom stereocenters. The first kappa shape index (κ1) is 13.8. The number of rotatable bonds is 3. The summed E-state index contributed by atoms with van der Waals surface area (Å²) in [6, 6.07) is 8.32. The zero-order valence-corrected chi connectivity index (χ0v) is 11.5. The van der Waals surface area contributed by atoms with E-state index in [0.29, 0.717) is 18.5 Å². The second kappa shape index (κ2) is 5.54. The summed E-state index contributed by atoms with van der Waals surface area (Å²) in [5, 5.41) is 2.54. The van der Waals surface area contributed by atoms with E-state index in [1.165, 1.54) is 4.31 Å². The van der Waals surface area contributed by atoms with Gasteiger partial charge in [-0.1, -0.05) is 24.3 Å². The smallest absolute Gasteiger partial charge is 0.246 e. The van der Waals surface area contributed by atoms with Gasteiger partial charge in [0.2, 0.25) is 15.9 Å². The Labute approximate surface area is 113 Å². The third kappa shape index (κ3) is 2.85. The largest absolute Gasteiger partial charge is 0.355 e. The lowest BCUT2D eigenvalue weighted by atomic mass is 10.1. The summed E-state index contributed by atoms with van der Waals surface area (Å²) >= 11 is 0. The quantitative estimate of drug-likeness (QED) is 0.888. The molecule has 102 valence electrons. The van der Waals surface area contributed by atoms with Crippen LogP contribution in [-0.2, 0) is 14.8 Å². The molecule has 0 aromatic heterocycles. The summed E-state index contributed by atoms with van der Waals surface area (Å²) in [6.07, 6.45) is 2.11. The van der Waals surface area contributed by atoms with Crippen molar-refractivity contribution in [1.29, 1.82) is 0 Å². The molecule has 0 saturated carbocycles. The summed E-state index contributed by atoms with van der Waals surface area (Å²) in [7, 11) is -1.90. The number of amides is 1. The molecule has 0 atom stereocenters. The van der Waals surface area contributed by atoms with Gasteiger partial charge in [0.1, 0.15) is 0 Å². The fourth-order valence-corrected chi connectivity index (χ4v) is 3.38. The molecule has 1 heterocycles. The third-order valence-corrected chi connectivity index (χ3v) is 4.95. The summed E-state index contributed by atoms with van der Waals surface area (Å²) in [5.41, 5.74) is 0.641. The van der Waals surface area contributed by atoms with Crippen LogP contribution in [-0.4, -0.2) is 38.8 Å². The van der Waals surface area contributed by atoms with Crippen molar-refractivity contribution in [3.8, 4) is 0 Å². The average Bonchev–Trinajstić information content (AvgIpc) is 2.47. The summed E-state index contributed by atoms with van der Waals surface area (Å²) < 4.78 is 26.0. The van der Waals surface area contributed by atoms with E-state index < -0.39 is 10.0 Å². The van der Waals surface area contributed by atoms with Crippen molar-refractivity contribution >= 4 is 15.9 Å². The Morgan fingerprint density at radius 3 is 2.47 bits per heavy atom. The molecule has 0 bridgehead atoms. The standard InChI is InChI=1S/C13H16N2O3S/c1-14-13(16)11-7-9-15(10-8-11)19(17,18)12-5-3-2-4-6-12/h2-7H,8-10H2,1H3,(H,14,16). The predicted octanol–water partition coefficient (Wildman–Crippen LogP) is 0.753. The first-order valence-electron chi connectivity index (χ1n) is 6.02. The van der Waals surface area contributed by atoms with E-state index in [4.69, 9.17) is 0 Å². The van der Waals surface area contributed by atoms with Crippen molar-refractivity contribution in [2.24, 2.45) is 0 Å². The molecule has 19 heavy (non-hydrogen) atoms. The first-order valence-corrected chi connectivity index (χ1v) is 7.46. The highest BCUT2D eigenvalue weighted by molar-refractivity contribution is 7.89. The highest BCUT2D eigenvalue weighted by Gasteiger charge is 2.26. The zero-order chi connectivity index (χ0) is 13.9. The number of carbonyl (C=O) groups is 1. The van der Waals surface area contributed by atoms with Gasteiger partial charge in [-0.15, -0.1) is 0 Å². The molecule has 2 rings (SSSR count). The van der Waals surface area contributed by atoms with Crippen molar-refractivity contribution in [3.05, 3.63) is 42.0 Å². The topological polar surface area (TPSA) is 66.5 Å². The van der Waals surface area contributed by atoms with Gasteiger partial charge in [0.25, 0.3) is 0 Å². The van der Waals surface area contributed by atoms with Crippen LogP contribution in [0.1, 0.15) is 6.42 Å². The van der Waals surface area contributed by atoms with Gasteiger partial charge in [0.15, 0.2) is 0 Å². The Hall–Kier alpha value is -1.66. The van der Waals surface area contributed by atoms with Crippen LogP contribution < -0.4 is 5.32 Å². The number of hydrogen-bond acceptors (Lipinski definition) is 3. The molecule has 1 N–H and O–H groups in total. The van der Waals surface area contributed by atoms with E-state index in [-0.39, 0.29) is 17.3 Å². The lowest BCUT2D eigenvalue weighted by Gasteiger charge is -2.25. The number of likely N-dealkylation sites (N-methyl/N-ethyl adjacent to an activating group) is 1. The summed E-state index contributed by atoms with van der Waals surface area (Å²) in [4.78, 5) is 11.7. The van der Waals surface area contributed by atoms with Crippen LogP contribution in [0.5, 0.6) is 0 Å². The van der Waals surface area contributed by atoms with Crippen LogP contribution in [0.4, 0.5) is 0 Å². The molecule has 0 aliphatic carbocycles. The van der Waals surface area contributed by atoms with Gasteiger partial charge in [-0.2, -0.15) is 4.31 Å². The number of sulfonamides is 1. The second-order valence-corrected chi connectivity index (χ2v) is 6.17. The Bertz CT molecular complexity index is 594. The van der Waals surface area contributed by atoms with Crippen LogP contribution in [0.25, 0.3) is 0 Å². The zero-order valence-electron chi connectivity index (χ0n) is 10.7. The normalized spacial score (nSPS) is 16.8. The van der Waals surface area contributed by atoms with Crippen molar-refractivity contribution in [2.75, 3.05) is 20.1 Å². The molecular formula is C13H16N2O3S. The summed E-state index contributed by atoms with van der Waals surface area (Å²) in [6.45, 7) is 0.566. The number of benzene rings is 1. The number of nitrogens with zero attached hydrogens (tertiary/aromatic N) is 1. The number of nitrogens with one attached hydrogen (secondary N) is 1. The molecule has 0 fully saturated rings. The molecule has 1 aliphatic rings. The molecule has 5 nitrogen and oxygen atoms in total. The Morgan fingerprint density at radius 2 is 1.95 bits per heavy atom. The highest BCUT2D eigenvalue weighted by atomic mass is 32.2. The van der Waals surface area contributed by atoms with Gasteiger partial charge < -0.3 is 5.32 Å². The van der Waals surface area contributed by atoms with Crippen molar-refractivity contribution < 1.29 is 13.2 Å². The van der Waals surface area contributed by atoms with Gasteiger partial charge in [-0.05, 0) is 18.6 Å². The lowest BCUT2D eigenvalue weighted by Crippen LogP contribution is -2.37. The fraction of sp³-hybridized carbons (Fsp3) is 0.308. The van der Waals surface area contributed by atoms with Crippen molar-refractivity contribution in [3.63, 3.8) is 0 Å². The van der Waals surface area contributed by atoms with Gasteiger partial charge in [0, 0.05) is 25.7 Å². The first-order chi connectivity index (χ1) is 9.05. The van der Waals surface area contributed by atoms with E-state index in [1.54, 1.807) is 43.5 Å². The predicted molar refractivity (Wildman–Crippen MR) is 72.0 cm³/mol. The van der Waals surface area contributed by atoms with E-state index in [0.717, 1.165) is 0 Å². The number of carbonyl (C=O) groups excluding carboxylic acids is 1. The van der Waals surface area contributed by atoms with E-state index in [2.05, 4.69) is 5.32 Å². The minimum atomic E-state index is -3.46. The molecule has 0 radical (unpaired) electrons. The molecule has 1 amide bonds. The molecule has 6 heteroatoms. The van der Waals surface area contributed by atoms with Crippen molar-refractivity contribution in [1.82, 2.24) is 9.62 Å². The Balaban J connectivity index is 2.18. The van der Waals surface area contributed by atoms with Crippen LogP contribution in [0.2, 0.25) is 0 Å². The van der Waals surface area contributed by atoms with Crippen LogP contribution in [0.15, 0.2) is 46.9 Å². The number of hydrogen-bond donors (Lipinski definition) is 1. The third-order valence-electron chi connectivity index (χ3n) is 3.07. The van der Waals surface area contributed by atoms with Crippen LogP contribution in [0.3, 0.4) is 0 Å². The molecule has 0 spiro atoms. The molecule has 1 aromatic rings. The Morgan fingerprint density at radius 1 is 1.26 bits per heavy atom. The second-order valence-electron chi connectivity index (χ2n) is 4.23. The molecule has 0 saturated heterocycles. The highest BCUT2D eigenvalue weighted by Crippen LogP contribution is 2.20. The van der Waals surface area contributed by atoms with Crippen LogP contribution in [0, 0.1) is 0 Å². The Kier molecular flexibility index (Phi) is 4.01. The molecular weight excluding hydrogens is 264 g/mol. The van der Waals surface area contributed by atoms with Crippen LogP contribution >= 0.6 is 0 Å². The van der Waals surface area contributed by atoms with Crippen molar-refractivity contribution in [2.45, 2.75) is 11.3 Å². The van der Waals surface area contributed by atoms with Gasteiger partial charge >= 0.3 is 0 Å². The van der Waals surface area contributed by atoms with Gasteiger partial charge in [-0.3, -0.25) is 4.79 Å². The minimum absolute atomic E-state index is 0.142. The monoisotopic (exact) mass is 280 g/mol. The van der Waals surface area contributed by atoms with E-state index in [9.17, 15) is 13.2 Å². The maximum absolute atomic E-state index is 12.3. The van der Waals surface area contributed by atoms with E-state index in [1.807, 2.05) is 0 Å². The fourth-order valence-electron chi connectivity index (χ4n) is 1.98. The summed E-state index contributed by atoms with van der Waals surface area (Å²) in [5.74, 6) is -0.142. The molecule has 1 aliphatic heterocycles. The SMILES string of the molecule is CNC(=O)C1=CCN(S(=O)(=O)c2ccccc2)CC1. The van der Waals surface area contributed by atoms with Gasteiger partial charge in [-0.25, -0.2) is 8.42 Å². The minimum Gasteiger partial charge on any atom is -0.355 e. The average molecular weight is 280 g/mol. The molecule has 1 aromatic carbocycles.